The van der Waals surface area contributed by atoms with Gasteiger partial charge in [0.15, 0.2) is 0 Å². The first kappa shape index (κ1) is 10.6. The SMILES string of the molecule is CC(=NCc1ccccn1)c1ccccc1. The normalized spacial score (nSPS) is 11.4. The first-order chi connectivity index (χ1) is 7.86. The molecule has 0 unspecified atom stereocenters. The van der Waals surface area contributed by atoms with Gasteiger partial charge in [0.1, 0.15) is 0 Å². The minimum Gasteiger partial charge on any atom is -0.283 e. The summed E-state index contributed by atoms with van der Waals surface area (Å²) in [6.07, 6.45) is 1.79. The second kappa shape index (κ2) is 5.21. The van der Waals surface area contributed by atoms with E-state index in [4.69, 9.17) is 0 Å². The highest BCUT2D eigenvalue weighted by Gasteiger charge is 1.95. The van der Waals surface area contributed by atoms with Crippen molar-refractivity contribution in [2.75, 3.05) is 0 Å². The summed E-state index contributed by atoms with van der Waals surface area (Å²) in [5.41, 5.74) is 3.21. The molecule has 1 aromatic heterocycles. The summed E-state index contributed by atoms with van der Waals surface area (Å²) in [6, 6.07) is 16.1. The van der Waals surface area contributed by atoms with Gasteiger partial charge in [0.25, 0.3) is 0 Å². The summed E-state index contributed by atoms with van der Waals surface area (Å²) >= 11 is 0. The van der Waals surface area contributed by atoms with Gasteiger partial charge in [-0.15, -0.1) is 0 Å². The molecule has 0 N–H and O–H groups in total. The molecule has 2 rings (SSSR count). The van der Waals surface area contributed by atoms with Gasteiger partial charge in [-0.3, -0.25) is 9.98 Å². The Labute approximate surface area is 95.7 Å². The molecule has 1 heterocycles. The first-order valence-corrected chi connectivity index (χ1v) is 5.32. The van der Waals surface area contributed by atoms with Crippen molar-refractivity contribution >= 4 is 5.71 Å². The molecule has 2 nitrogen and oxygen atoms in total. The van der Waals surface area contributed by atoms with E-state index in [-0.39, 0.29) is 0 Å². The summed E-state index contributed by atoms with van der Waals surface area (Å²) < 4.78 is 0. The van der Waals surface area contributed by atoms with Crippen molar-refractivity contribution in [1.82, 2.24) is 4.98 Å². The quantitative estimate of drug-likeness (QED) is 0.715. The predicted molar refractivity (Wildman–Crippen MR) is 66.6 cm³/mol. The van der Waals surface area contributed by atoms with Crippen LogP contribution in [0.1, 0.15) is 18.2 Å². The minimum absolute atomic E-state index is 0.640. The van der Waals surface area contributed by atoms with Crippen molar-refractivity contribution in [3.05, 3.63) is 66.0 Å². The summed E-state index contributed by atoms with van der Waals surface area (Å²) in [6.45, 7) is 2.67. The van der Waals surface area contributed by atoms with Gasteiger partial charge in [0, 0.05) is 11.9 Å². The number of hydrogen-bond donors (Lipinski definition) is 0. The molecule has 0 radical (unpaired) electrons. The molecule has 0 amide bonds. The fourth-order valence-corrected chi connectivity index (χ4v) is 1.46. The zero-order chi connectivity index (χ0) is 11.2. The van der Waals surface area contributed by atoms with Gasteiger partial charge in [-0.25, -0.2) is 0 Å². The molecule has 80 valence electrons. The third kappa shape index (κ3) is 2.76. The Bertz CT molecular complexity index is 461. The molecule has 16 heavy (non-hydrogen) atoms. The topological polar surface area (TPSA) is 25.2 Å². The molecule has 2 heteroatoms. The molecule has 0 aliphatic rings. The average Bonchev–Trinajstić information content (AvgIpc) is 2.38. The minimum atomic E-state index is 0.640. The lowest BCUT2D eigenvalue weighted by Crippen LogP contribution is -1.96. The van der Waals surface area contributed by atoms with Crippen molar-refractivity contribution < 1.29 is 0 Å². The maximum Gasteiger partial charge on any atom is 0.0815 e. The molecular weight excluding hydrogens is 196 g/mol. The van der Waals surface area contributed by atoms with Crippen LogP contribution in [-0.4, -0.2) is 10.7 Å². The monoisotopic (exact) mass is 210 g/mol. The lowest BCUT2D eigenvalue weighted by atomic mass is 10.1. The number of hydrogen-bond acceptors (Lipinski definition) is 2. The van der Waals surface area contributed by atoms with Gasteiger partial charge < -0.3 is 0 Å². The van der Waals surface area contributed by atoms with Gasteiger partial charge in [-0.1, -0.05) is 36.4 Å². The van der Waals surface area contributed by atoms with E-state index in [1.165, 1.54) is 5.56 Å². The molecule has 0 atom stereocenters. The number of aliphatic imine (C=N–C) groups is 1. The number of benzene rings is 1. The van der Waals surface area contributed by atoms with Crippen LogP contribution in [-0.2, 0) is 6.54 Å². The van der Waals surface area contributed by atoms with E-state index in [2.05, 4.69) is 22.1 Å². The van der Waals surface area contributed by atoms with Crippen LogP contribution in [0.4, 0.5) is 0 Å². The van der Waals surface area contributed by atoms with Crippen LogP contribution in [0.2, 0.25) is 0 Å². The molecule has 0 aliphatic heterocycles. The summed E-state index contributed by atoms with van der Waals surface area (Å²) in [5, 5.41) is 0. The van der Waals surface area contributed by atoms with E-state index in [1.54, 1.807) is 6.20 Å². The van der Waals surface area contributed by atoms with Gasteiger partial charge in [0.2, 0.25) is 0 Å². The van der Waals surface area contributed by atoms with Crippen molar-refractivity contribution in [3.8, 4) is 0 Å². The second-order valence-corrected chi connectivity index (χ2v) is 3.59. The Morgan fingerprint density at radius 1 is 1.06 bits per heavy atom. The lowest BCUT2D eigenvalue weighted by molar-refractivity contribution is 0.988. The highest BCUT2D eigenvalue weighted by molar-refractivity contribution is 5.98. The van der Waals surface area contributed by atoms with Crippen LogP contribution in [0, 0.1) is 0 Å². The average molecular weight is 210 g/mol. The molecule has 0 spiro atoms. The standard InChI is InChI=1S/C14H14N2/c1-12(13-7-3-2-4-8-13)16-11-14-9-5-6-10-15-14/h2-10H,11H2,1H3. The Morgan fingerprint density at radius 3 is 2.50 bits per heavy atom. The molecule has 0 saturated carbocycles. The highest BCUT2D eigenvalue weighted by atomic mass is 14.8. The zero-order valence-electron chi connectivity index (χ0n) is 9.30. The molecule has 0 aliphatic carbocycles. The maximum atomic E-state index is 4.52. The van der Waals surface area contributed by atoms with Crippen LogP contribution in [0.5, 0.6) is 0 Å². The van der Waals surface area contributed by atoms with Crippen molar-refractivity contribution in [1.29, 1.82) is 0 Å². The Hall–Kier alpha value is -1.96. The molecule has 0 saturated heterocycles. The third-order valence-corrected chi connectivity index (χ3v) is 2.40. The molecule has 0 bridgehead atoms. The molecule has 2 aromatic rings. The van der Waals surface area contributed by atoms with Crippen LogP contribution < -0.4 is 0 Å². The summed E-state index contributed by atoms with van der Waals surface area (Å²) in [4.78, 5) is 8.76. The van der Waals surface area contributed by atoms with Gasteiger partial charge >= 0.3 is 0 Å². The van der Waals surface area contributed by atoms with Crippen molar-refractivity contribution in [3.63, 3.8) is 0 Å². The number of aromatic nitrogens is 1. The molecular formula is C14H14N2. The van der Waals surface area contributed by atoms with Gasteiger partial charge in [-0.05, 0) is 24.6 Å². The van der Waals surface area contributed by atoms with E-state index in [0.29, 0.717) is 6.54 Å². The number of pyridine rings is 1. The fraction of sp³-hybridized carbons (Fsp3) is 0.143. The van der Waals surface area contributed by atoms with Crippen LogP contribution in [0.3, 0.4) is 0 Å². The van der Waals surface area contributed by atoms with E-state index < -0.39 is 0 Å². The maximum absolute atomic E-state index is 4.52. The van der Waals surface area contributed by atoms with E-state index in [0.717, 1.165) is 11.4 Å². The Morgan fingerprint density at radius 2 is 1.81 bits per heavy atom. The van der Waals surface area contributed by atoms with E-state index in [9.17, 15) is 0 Å². The second-order valence-electron chi connectivity index (χ2n) is 3.59. The van der Waals surface area contributed by atoms with Crippen LogP contribution >= 0.6 is 0 Å². The predicted octanol–water partition coefficient (Wildman–Crippen LogP) is 3.09. The highest BCUT2D eigenvalue weighted by Crippen LogP contribution is 2.03. The zero-order valence-corrected chi connectivity index (χ0v) is 9.30. The molecule has 1 aromatic carbocycles. The van der Waals surface area contributed by atoms with Crippen LogP contribution in [0.15, 0.2) is 59.7 Å². The smallest absolute Gasteiger partial charge is 0.0815 e. The van der Waals surface area contributed by atoms with Crippen molar-refractivity contribution in [2.24, 2.45) is 4.99 Å². The fourth-order valence-electron chi connectivity index (χ4n) is 1.46. The number of rotatable bonds is 3. The summed E-state index contributed by atoms with van der Waals surface area (Å²) in [5.74, 6) is 0. The van der Waals surface area contributed by atoms with Gasteiger partial charge in [0.05, 0.1) is 12.2 Å². The Balaban J connectivity index is 2.09. The third-order valence-electron chi connectivity index (χ3n) is 2.40. The largest absolute Gasteiger partial charge is 0.283 e. The van der Waals surface area contributed by atoms with E-state index in [1.807, 2.05) is 43.3 Å². The lowest BCUT2D eigenvalue weighted by Gasteiger charge is -2.00. The van der Waals surface area contributed by atoms with Crippen molar-refractivity contribution in [2.45, 2.75) is 13.5 Å². The first-order valence-electron chi connectivity index (χ1n) is 5.32. The van der Waals surface area contributed by atoms with Crippen LogP contribution in [0.25, 0.3) is 0 Å². The molecule has 0 fully saturated rings. The summed E-state index contributed by atoms with van der Waals surface area (Å²) in [7, 11) is 0. The van der Waals surface area contributed by atoms with Gasteiger partial charge in [-0.2, -0.15) is 0 Å². The number of nitrogens with zero attached hydrogens (tertiary/aromatic N) is 2. The van der Waals surface area contributed by atoms with E-state index >= 15 is 0 Å². The Kier molecular flexibility index (Phi) is 3.44.